The van der Waals surface area contributed by atoms with Gasteiger partial charge in [-0.25, -0.2) is 0 Å². The Bertz CT molecular complexity index is 604. The molecule has 25 heavy (non-hydrogen) atoms. The van der Waals surface area contributed by atoms with Crippen LogP contribution in [-0.2, 0) is 4.79 Å². The zero-order valence-corrected chi connectivity index (χ0v) is 15.1. The van der Waals surface area contributed by atoms with E-state index >= 15 is 0 Å². The lowest BCUT2D eigenvalue weighted by Crippen LogP contribution is -2.31. The minimum Gasteiger partial charge on any atom is -0.497 e. The van der Waals surface area contributed by atoms with Crippen molar-refractivity contribution in [3.05, 3.63) is 18.2 Å². The van der Waals surface area contributed by atoms with Gasteiger partial charge in [0.1, 0.15) is 11.5 Å². The first-order valence-electron chi connectivity index (χ1n) is 8.71. The number of rotatable bonds is 7. The second kappa shape index (κ2) is 9.76. The van der Waals surface area contributed by atoms with Crippen molar-refractivity contribution in [3.8, 4) is 11.5 Å². The lowest BCUT2D eigenvalue weighted by molar-refractivity contribution is -0.130. The minimum atomic E-state index is 0.258. The zero-order valence-electron chi connectivity index (χ0n) is 15.1. The van der Waals surface area contributed by atoms with E-state index in [0.29, 0.717) is 36.1 Å². The monoisotopic (exact) mass is 348 g/mol. The summed E-state index contributed by atoms with van der Waals surface area (Å²) in [6, 6.07) is 5.42. The molecule has 1 fully saturated rings. The van der Waals surface area contributed by atoms with E-state index in [0.717, 1.165) is 38.8 Å². The highest BCUT2D eigenvalue weighted by Crippen LogP contribution is 2.28. The molecule has 0 aliphatic carbocycles. The first kappa shape index (κ1) is 18.9. The Morgan fingerprint density at radius 1 is 1.28 bits per heavy atom. The highest BCUT2D eigenvalue weighted by molar-refractivity contribution is 5.94. The molecule has 1 aromatic rings. The van der Waals surface area contributed by atoms with Crippen LogP contribution in [0.15, 0.2) is 23.2 Å². The van der Waals surface area contributed by atoms with Crippen molar-refractivity contribution in [1.82, 2.24) is 4.90 Å². The van der Waals surface area contributed by atoms with Crippen molar-refractivity contribution in [2.75, 3.05) is 39.2 Å². The quantitative estimate of drug-likeness (QED) is 0.448. The van der Waals surface area contributed by atoms with E-state index in [2.05, 4.69) is 10.3 Å². The number of amides is 1. The number of ether oxygens (including phenoxy) is 2. The molecule has 2 rings (SSSR count). The number of benzene rings is 1. The number of nitrogens with zero attached hydrogens (tertiary/aromatic N) is 2. The summed E-state index contributed by atoms with van der Waals surface area (Å²) in [5.74, 6) is 1.94. The van der Waals surface area contributed by atoms with Crippen molar-refractivity contribution in [2.45, 2.75) is 32.1 Å². The molecule has 1 aromatic carbocycles. The third-order valence-corrected chi connectivity index (χ3v) is 4.21. The Morgan fingerprint density at radius 3 is 2.88 bits per heavy atom. The molecule has 0 radical (unpaired) electrons. The highest BCUT2D eigenvalue weighted by Gasteiger charge is 2.15. The second-order valence-corrected chi connectivity index (χ2v) is 6.00. The number of carbonyl (C=O) groups is 1. The Morgan fingerprint density at radius 2 is 2.12 bits per heavy atom. The van der Waals surface area contributed by atoms with E-state index in [-0.39, 0.29) is 5.91 Å². The maximum absolute atomic E-state index is 11.9. The standard InChI is InChI=1S/C18H28N4O3/c1-24-14-8-9-16(25-2)15(13-14)21-18(19)20-10-6-12-22-11-5-3-4-7-17(22)23/h8-9,13H,3-7,10-12H2,1-2H3,(H3,19,20,21). The predicted molar refractivity (Wildman–Crippen MR) is 99.3 cm³/mol. The maximum Gasteiger partial charge on any atom is 0.222 e. The average Bonchev–Trinajstić information content (AvgIpc) is 2.83. The summed E-state index contributed by atoms with van der Waals surface area (Å²) in [6.45, 7) is 2.16. The van der Waals surface area contributed by atoms with Crippen LogP contribution < -0.4 is 20.5 Å². The summed E-state index contributed by atoms with van der Waals surface area (Å²) in [6.07, 6.45) is 4.70. The number of methoxy groups -OCH3 is 2. The Balaban J connectivity index is 1.84. The summed E-state index contributed by atoms with van der Waals surface area (Å²) in [5.41, 5.74) is 6.65. The van der Waals surface area contributed by atoms with Gasteiger partial charge in [-0.05, 0) is 31.4 Å². The van der Waals surface area contributed by atoms with Gasteiger partial charge in [0.2, 0.25) is 5.91 Å². The molecule has 0 saturated carbocycles. The number of likely N-dealkylation sites (tertiary alicyclic amines) is 1. The van der Waals surface area contributed by atoms with Gasteiger partial charge >= 0.3 is 0 Å². The summed E-state index contributed by atoms with van der Waals surface area (Å²) in [5, 5.41) is 3.04. The van der Waals surface area contributed by atoms with Crippen molar-refractivity contribution in [2.24, 2.45) is 10.7 Å². The summed E-state index contributed by atoms with van der Waals surface area (Å²) in [4.78, 5) is 18.2. The Hall–Kier alpha value is -2.44. The molecule has 0 aromatic heterocycles. The number of carbonyl (C=O) groups excluding carboxylic acids is 1. The normalized spacial score (nSPS) is 15.7. The van der Waals surface area contributed by atoms with Gasteiger partial charge in [0.15, 0.2) is 5.96 Å². The molecule has 1 heterocycles. The highest BCUT2D eigenvalue weighted by atomic mass is 16.5. The predicted octanol–water partition coefficient (Wildman–Crippen LogP) is 2.22. The van der Waals surface area contributed by atoms with E-state index in [1.54, 1.807) is 26.4 Å². The smallest absolute Gasteiger partial charge is 0.222 e. The lowest BCUT2D eigenvalue weighted by atomic mass is 10.2. The van der Waals surface area contributed by atoms with Crippen LogP contribution in [0.25, 0.3) is 0 Å². The minimum absolute atomic E-state index is 0.258. The number of nitrogens with one attached hydrogen (secondary N) is 1. The van der Waals surface area contributed by atoms with Crippen LogP contribution in [-0.4, -0.2) is 50.6 Å². The van der Waals surface area contributed by atoms with Crippen LogP contribution in [0.3, 0.4) is 0 Å². The molecule has 1 amide bonds. The number of anilines is 1. The van der Waals surface area contributed by atoms with Gasteiger partial charge in [-0.2, -0.15) is 0 Å². The zero-order chi connectivity index (χ0) is 18.1. The summed E-state index contributed by atoms with van der Waals surface area (Å²) in [7, 11) is 3.20. The lowest BCUT2D eigenvalue weighted by Gasteiger charge is -2.19. The van der Waals surface area contributed by atoms with E-state index < -0.39 is 0 Å². The molecule has 0 spiro atoms. The topological polar surface area (TPSA) is 89.2 Å². The van der Waals surface area contributed by atoms with E-state index in [9.17, 15) is 4.79 Å². The fourth-order valence-corrected chi connectivity index (χ4v) is 2.83. The maximum atomic E-state index is 11.9. The molecular weight excluding hydrogens is 320 g/mol. The Kier molecular flexibility index (Phi) is 7.37. The van der Waals surface area contributed by atoms with Gasteiger partial charge in [0.25, 0.3) is 0 Å². The molecule has 0 atom stereocenters. The van der Waals surface area contributed by atoms with Crippen LogP contribution in [0, 0.1) is 0 Å². The molecule has 0 bridgehead atoms. The SMILES string of the molecule is COc1ccc(OC)c(NC(N)=NCCCN2CCCCCC2=O)c1. The first-order chi connectivity index (χ1) is 12.1. The third kappa shape index (κ3) is 5.85. The van der Waals surface area contributed by atoms with Crippen molar-refractivity contribution >= 4 is 17.6 Å². The number of guanidine groups is 1. The molecule has 1 aliphatic rings. The molecule has 1 aliphatic heterocycles. The fourth-order valence-electron chi connectivity index (χ4n) is 2.83. The van der Waals surface area contributed by atoms with E-state index in [4.69, 9.17) is 15.2 Å². The van der Waals surface area contributed by atoms with Gasteiger partial charge < -0.3 is 25.4 Å². The van der Waals surface area contributed by atoms with Crippen LogP contribution in [0.2, 0.25) is 0 Å². The second-order valence-electron chi connectivity index (χ2n) is 6.00. The van der Waals surface area contributed by atoms with Gasteiger partial charge in [-0.1, -0.05) is 6.42 Å². The molecule has 138 valence electrons. The van der Waals surface area contributed by atoms with E-state index in [1.807, 2.05) is 11.0 Å². The largest absolute Gasteiger partial charge is 0.497 e. The van der Waals surface area contributed by atoms with E-state index in [1.165, 1.54) is 0 Å². The van der Waals surface area contributed by atoms with Gasteiger partial charge in [0, 0.05) is 32.1 Å². The summed E-state index contributed by atoms with van der Waals surface area (Å²) < 4.78 is 10.5. The van der Waals surface area contributed by atoms with Crippen LogP contribution in [0.4, 0.5) is 5.69 Å². The van der Waals surface area contributed by atoms with Gasteiger partial charge in [-0.3, -0.25) is 9.79 Å². The Labute approximate surface area is 149 Å². The molecule has 7 nitrogen and oxygen atoms in total. The van der Waals surface area contributed by atoms with Gasteiger partial charge in [0.05, 0.1) is 19.9 Å². The first-order valence-corrected chi connectivity index (χ1v) is 8.71. The number of nitrogens with two attached hydrogens (primary N) is 1. The number of aliphatic imine (C=N–C) groups is 1. The van der Waals surface area contributed by atoms with Crippen molar-refractivity contribution in [3.63, 3.8) is 0 Å². The van der Waals surface area contributed by atoms with Crippen LogP contribution >= 0.6 is 0 Å². The van der Waals surface area contributed by atoms with Crippen LogP contribution in [0.1, 0.15) is 32.1 Å². The fraction of sp³-hybridized carbons (Fsp3) is 0.556. The third-order valence-electron chi connectivity index (χ3n) is 4.21. The number of hydrogen-bond acceptors (Lipinski definition) is 4. The van der Waals surface area contributed by atoms with Crippen molar-refractivity contribution in [1.29, 1.82) is 0 Å². The van der Waals surface area contributed by atoms with Crippen LogP contribution in [0.5, 0.6) is 11.5 Å². The van der Waals surface area contributed by atoms with Gasteiger partial charge in [-0.15, -0.1) is 0 Å². The molecular formula is C18H28N4O3. The summed E-state index contributed by atoms with van der Waals surface area (Å²) >= 11 is 0. The van der Waals surface area contributed by atoms with Crippen molar-refractivity contribution < 1.29 is 14.3 Å². The number of hydrogen-bond donors (Lipinski definition) is 2. The average molecular weight is 348 g/mol. The molecule has 0 unspecified atom stereocenters. The molecule has 7 heteroatoms. The molecule has 3 N–H and O–H groups in total. The molecule has 1 saturated heterocycles.